The highest BCUT2D eigenvalue weighted by Crippen LogP contribution is 2.41. The smallest absolute Gasteiger partial charge is 0.434 e. The van der Waals surface area contributed by atoms with E-state index in [4.69, 9.17) is 33.7 Å². The van der Waals surface area contributed by atoms with Crippen molar-refractivity contribution in [2.75, 3.05) is 19.8 Å². The van der Waals surface area contributed by atoms with Crippen LogP contribution in [-0.4, -0.2) is 49.4 Å². The van der Waals surface area contributed by atoms with Crippen LogP contribution >= 0.6 is 0 Å². The lowest BCUT2D eigenvalue weighted by Crippen LogP contribution is -2.48. The van der Waals surface area contributed by atoms with Gasteiger partial charge in [0.1, 0.15) is 0 Å². The van der Waals surface area contributed by atoms with E-state index in [1.54, 1.807) is 36.4 Å². The van der Waals surface area contributed by atoms with E-state index < -0.39 is 24.6 Å². The molecule has 11 heteroatoms. The summed E-state index contributed by atoms with van der Waals surface area (Å²) in [5.41, 5.74) is 2.01. The normalized spacial score (nSPS) is 14.4. The Morgan fingerprint density at radius 1 is 0.976 bits per heavy atom. The second kappa shape index (κ2) is 15.7. The van der Waals surface area contributed by atoms with Crippen molar-refractivity contribution < 1.29 is 43.1 Å². The van der Waals surface area contributed by atoms with Gasteiger partial charge in [0.15, 0.2) is 11.5 Å². The fraction of sp³-hybridized carbons (Fsp3) is 0.500. The van der Waals surface area contributed by atoms with Crippen molar-refractivity contribution in [2.45, 2.75) is 77.6 Å². The quantitative estimate of drug-likeness (QED) is 0.159. The molecule has 2 atom stereocenters. The van der Waals surface area contributed by atoms with Gasteiger partial charge >= 0.3 is 18.5 Å². The molecule has 1 aliphatic rings. The van der Waals surface area contributed by atoms with Gasteiger partial charge in [0.2, 0.25) is 0 Å². The minimum atomic E-state index is -2.53. The zero-order valence-electron chi connectivity index (χ0n) is 23.7. The van der Waals surface area contributed by atoms with Crippen molar-refractivity contribution in [3.63, 3.8) is 0 Å². The molecular formula is C30H38N2O9. The van der Waals surface area contributed by atoms with Gasteiger partial charge in [0, 0.05) is 12.6 Å². The van der Waals surface area contributed by atoms with Crippen molar-refractivity contribution in [1.29, 1.82) is 5.26 Å². The minimum absolute atomic E-state index is 0.00325. The van der Waals surface area contributed by atoms with Gasteiger partial charge in [-0.25, -0.2) is 9.59 Å². The highest BCUT2D eigenvalue weighted by atomic mass is 17.1. The van der Waals surface area contributed by atoms with E-state index in [-0.39, 0.29) is 30.8 Å². The average molecular weight is 571 g/mol. The van der Waals surface area contributed by atoms with E-state index in [1.165, 1.54) is 0 Å². The molecule has 11 nitrogen and oxygen atoms in total. The monoisotopic (exact) mass is 570 g/mol. The predicted octanol–water partition coefficient (Wildman–Crippen LogP) is 5.49. The summed E-state index contributed by atoms with van der Waals surface area (Å²) in [6, 6.07) is 14.1. The summed E-state index contributed by atoms with van der Waals surface area (Å²) in [4.78, 5) is 24.6. The van der Waals surface area contributed by atoms with Gasteiger partial charge in [-0.1, -0.05) is 51.8 Å². The molecule has 2 aromatic rings. The van der Waals surface area contributed by atoms with Crippen molar-refractivity contribution in [3.05, 3.63) is 59.2 Å². The molecule has 2 N–H and O–H groups in total. The summed E-state index contributed by atoms with van der Waals surface area (Å²) in [5.74, 6) is 0.402. The predicted molar refractivity (Wildman–Crippen MR) is 147 cm³/mol. The van der Waals surface area contributed by atoms with Crippen molar-refractivity contribution >= 4 is 12.3 Å². The summed E-state index contributed by atoms with van der Waals surface area (Å²) in [7, 11) is 0. The van der Waals surface area contributed by atoms with Crippen LogP contribution in [0.25, 0.3) is 0 Å². The first kappa shape index (κ1) is 31.5. The number of nitrogens with one attached hydrogen (secondary N) is 1. The Morgan fingerprint density at radius 3 is 2.24 bits per heavy atom. The van der Waals surface area contributed by atoms with Crippen LogP contribution in [0.3, 0.4) is 0 Å². The molecule has 1 aliphatic heterocycles. The molecule has 3 rings (SSSR count). The maximum absolute atomic E-state index is 12.3. The van der Waals surface area contributed by atoms with E-state index in [2.05, 4.69) is 11.4 Å². The number of hydrogen-bond acceptors (Lipinski definition) is 11. The second-order valence-electron chi connectivity index (χ2n) is 9.56. The van der Waals surface area contributed by atoms with Crippen LogP contribution < -0.4 is 14.8 Å². The molecule has 0 radical (unpaired) electrons. The number of rotatable bonds is 15. The molecule has 0 bridgehead atoms. The number of ether oxygens (including phenoxy) is 6. The summed E-state index contributed by atoms with van der Waals surface area (Å²) in [6.07, 6.45) is -1.35. The number of aliphatic hydroxyl groups is 1. The van der Waals surface area contributed by atoms with Crippen LogP contribution in [0.1, 0.15) is 75.7 Å². The molecule has 41 heavy (non-hydrogen) atoms. The van der Waals surface area contributed by atoms with Gasteiger partial charge in [0.25, 0.3) is 0 Å². The number of carbonyl (C=O) groups is 2. The molecule has 0 saturated carbocycles. The average Bonchev–Trinajstić information content (AvgIpc) is 3.31. The number of benzene rings is 2. The standard InChI is InChI=1S/C30H38N2O9/c1-4-7-14-36-28(34)40-30(41-29(35)37-15-8-5-2)38-26-13-12-21(18-27(26)39-30)17-24(6-3)32-20-25(33)23-11-9-10-22(16-23)19-31/h9-13,16,18,24-25,32-33H,4-8,14-15,17,20H2,1-3H3. The molecule has 0 aliphatic carbocycles. The fourth-order valence-electron chi connectivity index (χ4n) is 3.96. The molecule has 2 unspecified atom stereocenters. The molecule has 0 amide bonds. The van der Waals surface area contributed by atoms with E-state index in [9.17, 15) is 14.7 Å². The zero-order valence-corrected chi connectivity index (χ0v) is 23.7. The largest absolute Gasteiger partial charge is 0.620 e. The van der Waals surface area contributed by atoms with Crippen LogP contribution in [0.15, 0.2) is 42.5 Å². The van der Waals surface area contributed by atoms with Gasteiger partial charge in [0.05, 0.1) is 31.0 Å². The number of hydrogen-bond donors (Lipinski definition) is 2. The maximum Gasteiger partial charge on any atom is 0.620 e. The molecule has 222 valence electrons. The summed E-state index contributed by atoms with van der Waals surface area (Å²) >= 11 is 0. The van der Waals surface area contributed by atoms with Crippen molar-refractivity contribution in [2.24, 2.45) is 0 Å². The SMILES string of the molecule is CCCCOC(=O)OC1(OC(=O)OCCCC)Oc2ccc(CC(CC)NCC(O)c3cccc(C#N)c3)cc2O1. The molecule has 0 fully saturated rings. The molecule has 2 aromatic carbocycles. The Morgan fingerprint density at radius 2 is 1.63 bits per heavy atom. The Hall–Kier alpha value is -4.01. The van der Waals surface area contributed by atoms with E-state index >= 15 is 0 Å². The zero-order chi connectivity index (χ0) is 29.7. The maximum atomic E-state index is 12.3. The number of unbranched alkanes of at least 4 members (excludes halogenated alkanes) is 2. The second-order valence-corrected chi connectivity index (χ2v) is 9.56. The topological polar surface area (TPSA) is 146 Å². The highest BCUT2D eigenvalue weighted by molar-refractivity contribution is 5.63. The third-order valence-corrected chi connectivity index (χ3v) is 6.31. The third-order valence-electron chi connectivity index (χ3n) is 6.31. The van der Waals surface area contributed by atoms with E-state index in [0.717, 1.165) is 24.8 Å². The Balaban J connectivity index is 1.66. The van der Waals surface area contributed by atoms with Gasteiger partial charge in [-0.3, -0.25) is 0 Å². The van der Waals surface area contributed by atoms with Gasteiger partial charge in [-0.15, -0.1) is 0 Å². The van der Waals surface area contributed by atoms with Crippen molar-refractivity contribution in [1.82, 2.24) is 5.32 Å². The number of fused-ring (bicyclic) bond motifs is 1. The van der Waals surface area contributed by atoms with E-state index in [1.807, 2.05) is 26.8 Å². The van der Waals surface area contributed by atoms with Crippen LogP contribution in [-0.2, 0) is 25.4 Å². The first-order valence-corrected chi connectivity index (χ1v) is 13.9. The van der Waals surface area contributed by atoms with Gasteiger partial charge < -0.3 is 38.8 Å². The van der Waals surface area contributed by atoms with E-state index in [0.29, 0.717) is 36.9 Å². The van der Waals surface area contributed by atoms with Crippen LogP contribution in [0.4, 0.5) is 9.59 Å². The first-order chi connectivity index (χ1) is 19.8. The first-order valence-electron chi connectivity index (χ1n) is 13.9. The molecule has 1 heterocycles. The molecule has 0 aromatic heterocycles. The Bertz CT molecular complexity index is 1170. The highest BCUT2D eigenvalue weighted by Gasteiger charge is 2.53. The van der Waals surface area contributed by atoms with Crippen LogP contribution in [0, 0.1) is 11.3 Å². The van der Waals surface area contributed by atoms with Crippen LogP contribution in [0.2, 0.25) is 0 Å². The fourth-order valence-corrected chi connectivity index (χ4v) is 3.96. The summed E-state index contributed by atoms with van der Waals surface area (Å²) in [6.45, 7) is 6.44. The van der Waals surface area contributed by atoms with Gasteiger partial charge in [-0.05, 0) is 61.1 Å². The molecular weight excluding hydrogens is 532 g/mol. The number of nitriles is 1. The minimum Gasteiger partial charge on any atom is -0.434 e. The molecule has 0 saturated heterocycles. The lowest BCUT2D eigenvalue weighted by molar-refractivity contribution is -0.384. The summed E-state index contributed by atoms with van der Waals surface area (Å²) in [5, 5.41) is 23.1. The number of nitrogens with zero attached hydrogens (tertiary/aromatic N) is 1. The third kappa shape index (κ3) is 9.55. The lowest BCUT2D eigenvalue weighted by atomic mass is 10.0. The van der Waals surface area contributed by atoms with Gasteiger partial charge in [-0.2, -0.15) is 5.26 Å². The Kier molecular flexibility index (Phi) is 12.1. The number of aliphatic hydroxyl groups excluding tert-OH is 1. The Labute approximate surface area is 240 Å². The molecule has 0 spiro atoms. The lowest BCUT2D eigenvalue weighted by Gasteiger charge is -2.23. The summed E-state index contributed by atoms with van der Waals surface area (Å²) < 4.78 is 31.8. The van der Waals surface area contributed by atoms with Crippen LogP contribution in [0.5, 0.6) is 11.5 Å². The number of carbonyl (C=O) groups excluding carboxylic acids is 2. The van der Waals surface area contributed by atoms with Crippen molar-refractivity contribution in [3.8, 4) is 17.6 Å².